The van der Waals surface area contributed by atoms with Crippen molar-refractivity contribution in [3.8, 4) is 0 Å². The standard InChI is InChI=1S/C12H21N3O3/c1-4-7-10-11(12(16)18-3)13-14-15(10)8-5-6-9-17-2/h4-9H2,1-3H3. The van der Waals surface area contributed by atoms with Gasteiger partial charge in [0.2, 0.25) is 0 Å². The quantitative estimate of drug-likeness (QED) is 0.519. The van der Waals surface area contributed by atoms with Crippen molar-refractivity contribution in [1.82, 2.24) is 15.0 Å². The van der Waals surface area contributed by atoms with Gasteiger partial charge in [-0.2, -0.15) is 0 Å². The minimum Gasteiger partial charge on any atom is -0.464 e. The Hall–Kier alpha value is -1.43. The summed E-state index contributed by atoms with van der Waals surface area (Å²) < 4.78 is 11.5. The van der Waals surface area contributed by atoms with E-state index < -0.39 is 5.97 Å². The second-order valence-electron chi connectivity index (χ2n) is 4.05. The highest BCUT2D eigenvalue weighted by Gasteiger charge is 2.19. The molecule has 0 aliphatic carbocycles. The first kappa shape index (κ1) is 14.6. The van der Waals surface area contributed by atoms with Crippen LogP contribution in [-0.4, -0.2) is 41.8 Å². The molecule has 0 atom stereocenters. The lowest BCUT2D eigenvalue weighted by molar-refractivity contribution is 0.0592. The van der Waals surface area contributed by atoms with E-state index in [1.165, 1.54) is 7.11 Å². The molecule has 18 heavy (non-hydrogen) atoms. The van der Waals surface area contributed by atoms with E-state index in [9.17, 15) is 4.79 Å². The first-order valence-corrected chi connectivity index (χ1v) is 6.24. The number of ether oxygens (including phenoxy) is 2. The molecule has 0 unspecified atom stereocenters. The van der Waals surface area contributed by atoms with Crippen molar-refractivity contribution >= 4 is 5.97 Å². The summed E-state index contributed by atoms with van der Waals surface area (Å²) in [5.74, 6) is -0.415. The molecular weight excluding hydrogens is 234 g/mol. The molecule has 1 rings (SSSR count). The third kappa shape index (κ3) is 3.80. The summed E-state index contributed by atoms with van der Waals surface area (Å²) in [5, 5.41) is 7.94. The predicted octanol–water partition coefficient (Wildman–Crippen LogP) is 1.44. The number of hydrogen-bond acceptors (Lipinski definition) is 5. The molecule has 0 aliphatic rings. The van der Waals surface area contributed by atoms with Gasteiger partial charge in [-0.25, -0.2) is 9.48 Å². The summed E-state index contributed by atoms with van der Waals surface area (Å²) in [7, 11) is 3.04. The summed E-state index contributed by atoms with van der Waals surface area (Å²) in [6.45, 7) is 3.55. The van der Waals surface area contributed by atoms with Gasteiger partial charge in [0.1, 0.15) is 0 Å². The summed E-state index contributed by atoms with van der Waals surface area (Å²) in [4.78, 5) is 11.5. The molecule has 0 fully saturated rings. The molecule has 1 aromatic rings. The van der Waals surface area contributed by atoms with Gasteiger partial charge in [-0.3, -0.25) is 0 Å². The highest BCUT2D eigenvalue weighted by atomic mass is 16.5. The molecule has 6 nitrogen and oxygen atoms in total. The largest absolute Gasteiger partial charge is 0.464 e. The van der Waals surface area contributed by atoms with Crippen molar-refractivity contribution in [3.05, 3.63) is 11.4 Å². The summed E-state index contributed by atoms with van der Waals surface area (Å²) in [6, 6.07) is 0. The van der Waals surface area contributed by atoms with Crippen LogP contribution < -0.4 is 0 Å². The third-order valence-electron chi connectivity index (χ3n) is 2.67. The zero-order valence-electron chi connectivity index (χ0n) is 11.3. The van der Waals surface area contributed by atoms with Crippen molar-refractivity contribution in [3.63, 3.8) is 0 Å². The van der Waals surface area contributed by atoms with E-state index in [0.29, 0.717) is 5.69 Å². The fourth-order valence-electron chi connectivity index (χ4n) is 1.76. The maximum atomic E-state index is 11.5. The molecule has 0 spiro atoms. The van der Waals surface area contributed by atoms with Crippen molar-refractivity contribution in [2.24, 2.45) is 0 Å². The molecule has 0 aliphatic heterocycles. The van der Waals surface area contributed by atoms with Gasteiger partial charge in [0.05, 0.1) is 12.8 Å². The number of aromatic nitrogens is 3. The summed E-state index contributed by atoms with van der Waals surface area (Å²) in [6.07, 6.45) is 3.64. The van der Waals surface area contributed by atoms with Crippen molar-refractivity contribution < 1.29 is 14.3 Å². The Morgan fingerprint density at radius 3 is 2.72 bits per heavy atom. The summed E-state index contributed by atoms with van der Waals surface area (Å²) in [5.41, 5.74) is 1.20. The molecule has 6 heteroatoms. The molecule has 0 aromatic carbocycles. The third-order valence-corrected chi connectivity index (χ3v) is 2.67. The van der Waals surface area contributed by atoms with E-state index in [1.54, 1.807) is 11.8 Å². The first-order chi connectivity index (χ1) is 8.74. The minimum absolute atomic E-state index is 0.339. The van der Waals surface area contributed by atoms with Gasteiger partial charge in [0.25, 0.3) is 0 Å². The molecule has 1 heterocycles. The van der Waals surface area contributed by atoms with Gasteiger partial charge in [-0.05, 0) is 19.3 Å². The molecule has 1 aromatic heterocycles. The molecule has 0 N–H and O–H groups in total. The number of carbonyl (C=O) groups excluding carboxylic acids is 1. The van der Waals surface area contributed by atoms with Crippen LogP contribution in [0.1, 0.15) is 42.4 Å². The van der Waals surface area contributed by atoms with Crippen molar-refractivity contribution in [2.75, 3.05) is 20.8 Å². The Morgan fingerprint density at radius 1 is 1.33 bits per heavy atom. The minimum atomic E-state index is -0.415. The van der Waals surface area contributed by atoms with E-state index in [1.807, 2.05) is 0 Å². The normalized spacial score (nSPS) is 10.6. The van der Waals surface area contributed by atoms with Gasteiger partial charge >= 0.3 is 5.97 Å². The van der Waals surface area contributed by atoms with Crippen LogP contribution in [0, 0.1) is 0 Å². The molecule has 102 valence electrons. The lowest BCUT2D eigenvalue weighted by Crippen LogP contribution is -2.10. The average Bonchev–Trinajstić information content (AvgIpc) is 2.77. The van der Waals surface area contributed by atoms with Gasteiger partial charge in [0.15, 0.2) is 5.69 Å². The van der Waals surface area contributed by atoms with E-state index >= 15 is 0 Å². The summed E-state index contributed by atoms with van der Waals surface area (Å²) >= 11 is 0. The fourth-order valence-corrected chi connectivity index (χ4v) is 1.76. The van der Waals surface area contributed by atoms with Crippen LogP contribution in [-0.2, 0) is 22.4 Å². The van der Waals surface area contributed by atoms with Gasteiger partial charge in [-0.1, -0.05) is 18.6 Å². The van der Waals surface area contributed by atoms with Crippen LogP contribution >= 0.6 is 0 Å². The van der Waals surface area contributed by atoms with E-state index in [4.69, 9.17) is 9.47 Å². The van der Waals surface area contributed by atoms with Crippen LogP contribution in [0.2, 0.25) is 0 Å². The first-order valence-electron chi connectivity index (χ1n) is 6.24. The maximum Gasteiger partial charge on any atom is 0.360 e. The number of methoxy groups -OCH3 is 2. The smallest absolute Gasteiger partial charge is 0.360 e. The predicted molar refractivity (Wildman–Crippen MR) is 66.5 cm³/mol. The number of hydrogen-bond donors (Lipinski definition) is 0. The lowest BCUT2D eigenvalue weighted by atomic mass is 10.2. The van der Waals surface area contributed by atoms with Crippen LogP contribution in [0.25, 0.3) is 0 Å². The molecule has 0 bridgehead atoms. The van der Waals surface area contributed by atoms with Crippen LogP contribution in [0.3, 0.4) is 0 Å². The Bertz CT molecular complexity index is 377. The SMILES string of the molecule is CCCc1c(C(=O)OC)nnn1CCCCOC. The average molecular weight is 255 g/mol. The molecule has 0 radical (unpaired) electrons. The van der Waals surface area contributed by atoms with Gasteiger partial charge in [-0.15, -0.1) is 5.10 Å². The van der Waals surface area contributed by atoms with Gasteiger partial charge in [0, 0.05) is 20.3 Å². The highest BCUT2D eigenvalue weighted by Crippen LogP contribution is 2.11. The topological polar surface area (TPSA) is 66.2 Å². The van der Waals surface area contributed by atoms with Gasteiger partial charge < -0.3 is 9.47 Å². The van der Waals surface area contributed by atoms with E-state index in [0.717, 1.165) is 44.5 Å². The van der Waals surface area contributed by atoms with Crippen LogP contribution in [0.15, 0.2) is 0 Å². The highest BCUT2D eigenvalue weighted by molar-refractivity contribution is 5.88. The number of esters is 1. The maximum absolute atomic E-state index is 11.5. The monoisotopic (exact) mass is 255 g/mol. The zero-order valence-corrected chi connectivity index (χ0v) is 11.3. The van der Waals surface area contributed by atoms with Crippen molar-refractivity contribution in [2.45, 2.75) is 39.2 Å². The van der Waals surface area contributed by atoms with E-state index in [-0.39, 0.29) is 0 Å². The molecule has 0 amide bonds. The second kappa shape index (κ2) is 7.81. The fraction of sp³-hybridized carbons (Fsp3) is 0.750. The lowest BCUT2D eigenvalue weighted by Gasteiger charge is -2.06. The number of carbonyl (C=O) groups is 1. The molecular formula is C12H21N3O3. The number of nitrogens with zero attached hydrogens (tertiary/aromatic N) is 3. The van der Waals surface area contributed by atoms with Crippen molar-refractivity contribution in [1.29, 1.82) is 0 Å². The Balaban J connectivity index is 2.71. The van der Waals surface area contributed by atoms with E-state index in [2.05, 4.69) is 17.2 Å². The molecule has 0 saturated heterocycles. The zero-order chi connectivity index (χ0) is 13.4. The Kier molecular flexibility index (Phi) is 6.35. The Morgan fingerprint density at radius 2 is 2.11 bits per heavy atom. The number of rotatable bonds is 8. The number of aryl methyl sites for hydroxylation is 1. The Labute approximate surface area is 107 Å². The molecule has 0 saturated carbocycles. The van der Waals surface area contributed by atoms with Crippen LogP contribution in [0.4, 0.5) is 0 Å². The second-order valence-corrected chi connectivity index (χ2v) is 4.05. The number of unbranched alkanes of at least 4 members (excludes halogenated alkanes) is 1. The van der Waals surface area contributed by atoms with Crippen LogP contribution in [0.5, 0.6) is 0 Å².